The van der Waals surface area contributed by atoms with E-state index in [0.29, 0.717) is 12.0 Å². The van der Waals surface area contributed by atoms with Gasteiger partial charge in [0.05, 0.1) is 0 Å². The molecule has 1 aromatic rings. The topological polar surface area (TPSA) is 83.5 Å². The lowest BCUT2D eigenvalue weighted by atomic mass is 10.0. The number of hydrogen-bond acceptors (Lipinski definition) is 4. The van der Waals surface area contributed by atoms with Crippen LogP contribution in [-0.4, -0.2) is 22.2 Å². The van der Waals surface area contributed by atoms with Crippen molar-refractivity contribution in [3.8, 4) is 0 Å². The van der Waals surface area contributed by atoms with E-state index in [1.165, 1.54) is 0 Å². The third-order valence-electron chi connectivity index (χ3n) is 1.66. The van der Waals surface area contributed by atoms with Crippen LogP contribution in [0.4, 0.5) is 0 Å². The zero-order chi connectivity index (χ0) is 13.3. The molecule has 1 amide bonds. The second kappa shape index (κ2) is 8.77. The van der Waals surface area contributed by atoms with Gasteiger partial charge in [-0.2, -0.15) is 0 Å². The fourth-order valence-corrected chi connectivity index (χ4v) is 1.48. The zero-order valence-corrected chi connectivity index (χ0v) is 11.0. The monoisotopic (exact) mass is 319 g/mol. The van der Waals surface area contributed by atoms with Gasteiger partial charge >= 0.3 is 5.97 Å². The molecular formula is C10H10BrNO4S. The van der Waals surface area contributed by atoms with E-state index in [0.717, 1.165) is 0 Å². The molecule has 92 valence electrons. The van der Waals surface area contributed by atoms with Crippen LogP contribution in [0.25, 0.3) is 0 Å². The number of carbonyl (C=O) groups is 3. The van der Waals surface area contributed by atoms with E-state index in [1.807, 2.05) is 4.72 Å². The molecule has 0 heterocycles. The van der Waals surface area contributed by atoms with E-state index >= 15 is 0 Å². The number of thiol groups is 1. The van der Waals surface area contributed by atoms with E-state index in [4.69, 9.17) is 9.90 Å². The second-order valence-corrected chi connectivity index (χ2v) is 3.77. The second-order valence-electron chi connectivity index (χ2n) is 2.73. The Morgan fingerprint density at radius 3 is 2.12 bits per heavy atom. The molecule has 1 aromatic carbocycles. The molecule has 0 aromatic heterocycles. The molecule has 1 unspecified atom stereocenters. The van der Waals surface area contributed by atoms with Crippen molar-refractivity contribution in [1.29, 1.82) is 0 Å². The molecule has 0 aliphatic rings. The van der Waals surface area contributed by atoms with Gasteiger partial charge in [-0.15, -0.1) is 0 Å². The summed E-state index contributed by atoms with van der Waals surface area (Å²) in [6.07, 6.45) is 0.489. The molecule has 0 aliphatic carbocycles. The highest BCUT2D eigenvalue weighted by Gasteiger charge is 2.25. The minimum Gasteiger partial charge on any atom is -0.480 e. The molecule has 2 N–H and O–H groups in total. The molecule has 0 saturated heterocycles. The van der Waals surface area contributed by atoms with E-state index in [9.17, 15) is 9.59 Å². The van der Waals surface area contributed by atoms with Crippen LogP contribution in [0.5, 0.6) is 0 Å². The smallest absolute Gasteiger partial charge is 0.319 e. The molecule has 7 heteroatoms. The largest absolute Gasteiger partial charge is 0.480 e. The average Bonchev–Trinajstić information content (AvgIpc) is 2.30. The summed E-state index contributed by atoms with van der Waals surface area (Å²) in [5, 5.41) is 8.75. The third kappa shape index (κ3) is 6.08. The van der Waals surface area contributed by atoms with Crippen LogP contribution in [0, 0.1) is 0 Å². The summed E-state index contributed by atoms with van der Waals surface area (Å²) < 4.78 is 1.41. The van der Waals surface area contributed by atoms with Crippen LogP contribution in [-0.2, 0) is 14.4 Å². The number of rotatable bonds is 4. The zero-order valence-electron chi connectivity index (χ0n) is 8.54. The molecule has 0 aliphatic heterocycles. The SMILES string of the molecule is O=C(O)C(C(=O)Br)c1ccccc1.O=CNS. The highest BCUT2D eigenvalue weighted by molar-refractivity contribution is 9.18. The van der Waals surface area contributed by atoms with Crippen molar-refractivity contribution in [3.05, 3.63) is 35.9 Å². The van der Waals surface area contributed by atoms with E-state index in [1.54, 1.807) is 30.3 Å². The van der Waals surface area contributed by atoms with E-state index < -0.39 is 16.6 Å². The maximum atomic E-state index is 10.9. The maximum Gasteiger partial charge on any atom is 0.319 e. The fourth-order valence-electron chi connectivity index (χ4n) is 1.02. The molecule has 0 bridgehead atoms. The Morgan fingerprint density at radius 2 is 1.82 bits per heavy atom. The van der Waals surface area contributed by atoms with Gasteiger partial charge in [0.1, 0.15) is 0 Å². The normalized spacial score (nSPS) is 10.5. The number of carboxylic acids is 1. The predicted octanol–water partition coefficient (Wildman–Crippen LogP) is 1.35. The Labute approximate surface area is 112 Å². The van der Waals surface area contributed by atoms with Gasteiger partial charge in [-0.3, -0.25) is 14.4 Å². The minimum absolute atomic E-state index is 0.483. The highest BCUT2D eigenvalue weighted by Crippen LogP contribution is 2.19. The quantitative estimate of drug-likeness (QED) is 0.338. The first-order chi connectivity index (χ1) is 8.04. The van der Waals surface area contributed by atoms with Crippen molar-refractivity contribution >= 4 is 45.8 Å². The summed E-state index contributed by atoms with van der Waals surface area (Å²) in [6.45, 7) is 0. The number of aliphatic carboxylic acids is 1. The summed E-state index contributed by atoms with van der Waals surface area (Å²) in [6, 6.07) is 8.37. The fraction of sp³-hybridized carbons (Fsp3) is 0.100. The van der Waals surface area contributed by atoms with Gasteiger partial charge in [0.15, 0.2) is 5.92 Å². The van der Waals surface area contributed by atoms with Gasteiger partial charge < -0.3 is 9.83 Å². The molecule has 1 rings (SSSR count). The van der Waals surface area contributed by atoms with Gasteiger partial charge in [-0.05, 0) is 21.5 Å². The lowest BCUT2D eigenvalue weighted by Gasteiger charge is -2.06. The lowest BCUT2D eigenvalue weighted by molar-refractivity contribution is -0.140. The number of hydrogen-bond donors (Lipinski definition) is 3. The van der Waals surface area contributed by atoms with Crippen molar-refractivity contribution in [2.24, 2.45) is 0 Å². The molecule has 0 radical (unpaired) electrons. The Balaban J connectivity index is 0.000000557. The van der Waals surface area contributed by atoms with Gasteiger partial charge in [-0.1, -0.05) is 43.1 Å². The van der Waals surface area contributed by atoms with Crippen LogP contribution < -0.4 is 4.72 Å². The number of benzene rings is 1. The van der Waals surface area contributed by atoms with Gasteiger partial charge in [0.2, 0.25) is 11.1 Å². The Bertz CT molecular complexity index is 371. The molecule has 0 saturated carbocycles. The van der Waals surface area contributed by atoms with Crippen molar-refractivity contribution in [1.82, 2.24) is 4.72 Å². The van der Waals surface area contributed by atoms with Crippen molar-refractivity contribution in [2.75, 3.05) is 0 Å². The molecule has 0 spiro atoms. The number of nitrogens with one attached hydrogen (secondary N) is 1. The molecule has 17 heavy (non-hydrogen) atoms. The average molecular weight is 320 g/mol. The number of carbonyl (C=O) groups excluding carboxylic acids is 2. The first kappa shape index (κ1) is 15.7. The van der Waals surface area contributed by atoms with Crippen molar-refractivity contribution < 1.29 is 19.5 Å². The van der Waals surface area contributed by atoms with Crippen LogP contribution in [0.2, 0.25) is 0 Å². The summed E-state index contributed by atoms with van der Waals surface area (Å²) in [5.74, 6) is -2.26. The van der Waals surface area contributed by atoms with Gasteiger partial charge in [-0.25, -0.2) is 0 Å². The number of amides is 1. The van der Waals surface area contributed by atoms with Gasteiger partial charge in [0.25, 0.3) is 0 Å². The first-order valence-corrected chi connectivity index (χ1v) is 5.59. The third-order valence-corrected chi connectivity index (χ3v) is 2.22. The Kier molecular flexibility index (Phi) is 8.08. The summed E-state index contributed by atoms with van der Waals surface area (Å²) in [5.41, 5.74) is 0.483. The molecule has 1 atom stereocenters. The summed E-state index contributed by atoms with van der Waals surface area (Å²) >= 11 is 5.96. The minimum atomic E-state index is -1.15. The molecule has 0 fully saturated rings. The van der Waals surface area contributed by atoms with Crippen LogP contribution >= 0.6 is 28.7 Å². The van der Waals surface area contributed by atoms with Crippen LogP contribution in [0.1, 0.15) is 11.5 Å². The Morgan fingerprint density at radius 1 is 1.35 bits per heavy atom. The maximum absolute atomic E-state index is 10.9. The van der Waals surface area contributed by atoms with Crippen molar-refractivity contribution in [3.63, 3.8) is 0 Å². The molecule has 5 nitrogen and oxygen atoms in total. The van der Waals surface area contributed by atoms with Crippen molar-refractivity contribution in [2.45, 2.75) is 5.92 Å². The predicted molar refractivity (Wildman–Crippen MR) is 68.9 cm³/mol. The lowest BCUT2D eigenvalue weighted by Crippen LogP contribution is -2.17. The van der Waals surface area contributed by atoms with E-state index in [-0.39, 0.29) is 0 Å². The number of halogens is 1. The van der Waals surface area contributed by atoms with E-state index in [2.05, 4.69) is 28.7 Å². The first-order valence-electron chi connectivity index (χ1n) is 4.35. The van der Waals surface area contributed by atoms with Gasteiger partial charge in [0, 0.05) is 0 Å². The Hall–Kier alpha value is -1.34. The summed E-state index contributed by atoms with van der Waals surface area (Å²) in [7, 11) is 0. The standard InChI is InChI=1S/C9H7BrO3.CH3NOS/c10-8(11)7(9(12)13)6-4-2-1-3-5-6;3-1-2-4/h1-5,7H,(H,12,13);1,4H,(H,2,3). The van der Waals surface area contributed by atoms with Crippen LogP contribution in [0.15, 0.2) is 30.3 Å². The number of carboxylic acid groups (broad SMARTS) is 1. The highest BCUT2D eigenvalue weighted by atomic mass is 79.9. The summed E-state index contributed by atoms with van der Waals surface area (Å²) in [4.78, 5) is 30.6. The molecular weight excluding hydrogens is 310 g/mol. The van der Waals surface area contributed by atoms with Crippen LogP contribution in [0.3, 0.4) is 0 Å².